The third kappa shape index (κ3) is 3.87. The van der Waals surface area contributed by atoms with E-state index in [0.29, 0.717) is 12.3 Å². The minimum atomic E-state index is 0.0790. The van der Waals surface area contributed by atoms with Gasteiger partial charge in [0.25, 0.3) is 0 Å². The summed E-state index contributed by atoms with van der Waals surface area (Å²) in [6.07, 6.45) is 4.32. The molecule has 2 heterocycles. The lowest BCUT2D eigenvalue weighted by Crippen LogP contribution is -2.48. The van der Waals surface area contributed by atoms with Gasteiger partial charge in [-0.05, 0) is 24.7 Å². The number of hydrogen-bond acceptors (Lipinski definition) is 4. The summed E-state index contributed by atoms with van der Waals surface area (Å²) in [5.41, 5.74) is 1.43. The van der Waals surface area contributed by atoms with Gasteiger partial charge in [-0.1, -0.05) is 20.8 Å². The molecular weight excluding hydrogens is 294 g/mol. The molecule has 1 aromatic rings. The van der Waals surface area contributed by atoms with E-state index in [1.54, 1.807) is 0 Å². The van der Waals surface area contributed by atoms with Gasteiger partial charge in [-0.2, -0.15) is 0 Å². The van der Waals surface area contributed by atoms with E-state index in [2.05, 4.69) is 25.7 Å². The molecule has 0 atom stereocenters. The third-order valence-corrected chi connectivity index (χ3v) is 5.55. The summed E-state index contributed by atoms with van der Waals surface area (Å²) in [5.74, 6) is 0.306. The predicted octanol–water partition coefficient (Wildman–Crippen LogP) is 2.71. The molecule has 22 heavy (non-hydrogen) atoms. The monoisotopic (exact) mass is 321 g/mol. The first-order valence-electron chi connectivity index (χ1n) is 8.38. The molecule has 122 valence electrons. The Morgan fingerprint density at radius 2 is 1.91 bits per heavy atom. The zero-order valence-corrected chi connectivity index (χ0v) is 14.8. The van der Waals surface area contributed by atoms with Crippen molar-refractivity contribution in [2.75, 3.05) is 26.2 Å². The van der Waals surface area contributed by atoms with Gasteiger partial charge in [0.2, 0.25) is 5.91 Å². The minimum Gasteiger partial charge on any atom is -0.340 e. The first kappa shape index (κ1) is 15.9. The van der Waals surface area contributed by atoms with Crippen molar-refractivity contribution in [1.82, 2.24) is 14.8 Å². The molecule has 0 aromatic carbocycles. The van der Waals surface area contributed by atoms with Crippen molar-refractivity contribution in [3.63, 3.8) is 0 Å². The number of piperazine rings is 1. The molecule has 0 unspecified atom stereocenters. The Morgan fingerprint density at radius 3 is 2.55 bits per heavy atom. The molecule has 4 nitrogen and oxygen atoms in total. The highest BCUT2D eigenvalue weighted by atomic mass is 32.1. The average Bonchev–Trinajstić information content (AvgIpc) is 2.98. The van der Waals surface area contributed by atoms with E-state index < -0.39 is 0 Å². The summed E-state index contributed by atoms with van der Waals surface area (Å²) in [5, 5.41) is 1.26. The van der Waals surface area contributed by atoms with Gasteiger partial charge in [0, 0.05) is 37.5 Å². The maximum absolute atomic E-state index is 12.3. The minimum absolute atomic E-state index is 0.0790. The lowest BCUT2D eigenvalue weighted by atomic mass is 9.91. The number of hydrogen-bond donors (Lipinski definition) is 0. The number of aryl methyl sites for hydroxylation is 2. The molecule has 3 rings (SSSR count). The largest absolute Gasteiger partial charge is 0.340 e. The molecule has 1 aromatic heterocycles. The smallest absolute Gasteiger partial charge is 0.223 e. The van der Waals surface area contributed by atoms with E-state index >= 15 is 0 Å². The lowest BCUT2D eigenvalue weighted by molar-refractivity contribution is -0.134. The van der Waals surface area contributed by atoms with Crippen LogP contribution in [0.2, 0.25) is 0 Å². The van der Waals surface area contributed by atoms with Crippen LogP contribution in [0.1, 0.15) is 49.2 Å². The highest BCUT2D eigenvalue weighted by molar-refractivity contribution is 7.11. The summed E-state index contributed by atoms with van der Waals surface area (Å²) in [6, 6.07) is 0. The molecule has 2 aliphatic rings. The number of thiazole rings is 1. The zero-order chi connectivity index (χ0) is 15.7. The van der Waals surface area contributed by atoms with E-state index in [0.717, 1.165) is 32.7 Å². The third-order valence-electron chi connectivity index (χ3n) is 4.41. The molecule has 1 fully saturated rings. The van der Waals surface area contributed by atoms with E-state index in [1.807, 2.05) is 16.2 Å². The van der Waals surface area contributed by atoms with Crippen LogP contribution in [-0.4, -0.2) is 46.9 Å². The number of carbonyl (C=O) groups is 1. The van der Waals surface area contributed by atoms with Crippen LogP contribution in [0.15, 0.2) is 0 Å². The molecule has 1 aliphatic heterocycles. The SMILES string of the molecule is CC(C)(C)CC(=O)N1CCN(Cc2nc3c(s2)CCC3)CC1. The number of nitrogens with zero attached hydrogens (tertiary/aromatic N) is 3. The van der Waals surface area contributed by atoms with Crippen molar-refractivity contribution in [1.29, 1.82) is 0 Å². The molecule has 5 heteroatoms. The molecule has 1 amide bonds. The zero-order valence-electron chi connectivity index (χ0n) is 14.0. The van der Waals surface area contributed by atoms with Crippen LogP contribution in [0.4, 0.5) is 0 Å². The van der Waals surface area contributed by atoms with Crippen molar-refractivity contribution < 1.29 is 4.79 Å². The summed E-state index contributed by atoms with van der Waals surface area (Å²) >= 11 is 1.90. The molecule has 1 aliphatic carbocycles. The van der Waals surface area contributed by atoms with Gasteiger partial charge in [0.15, 0.2) is 0 Å². The maximum Gasteiger partial charge on any atom is 0.223 e. The normalized spacial score (nSPS) is 19.5. The van der Waals surface area contributed by atoms with Crippen LogP contribution in [0.3, 0.4) is 0 Å². The van der Waals surface area contributed by atoms with Crippen LogP contribution in [0, 0.1) is 5.41 Å². The molecule has 0 N–H and O–H groups in total. The Hall–Kier alpha value is -0.940. The molecule has 1 saturated heterocycles. The van der Waals surface area contributed by atoms with E-state index in [-0.39, 0.29) is 5.41 Å². The van der Waals surface area contributed by atoms with Crippen molar-refractivity contribution >= 4 is 17.2 Å². The Balaban J connectivity index is 1.48. The van der Waals surface area contributed by atoms with Gasteiger partial charge >= 0.3 is 0 Å². The van der Waals surface area contributed by atoms with Crippen molar-refractivity contribution in [3.8, 4) is 0 Å². The molecular formula is C17H27N3OS. The second kappa shape index (κ2) is 6.28. The summed E-state index contributed by atoms with van der Waals surface area (Å²) in [4.78, 5) is 23.0. The van der Waals surface area contributed by atoms with Gasteiger partial charge in [-0.25, -0.2) is 4.98 Å². The van der Waals surface area contributed by atoms with Crippen LogP contribution >= 0.6 is 11.3 Å². The Bertz CT molecular complexity index is 517. The van der Waals surface area contributed by atoms with Crippen molar-refractivity contribution in [2.45, 2.75) is 53.0 Å². The van der Waals surface area contributed by atoms with Gasteiger partial charge in [0.1, 0.15) is 5.01 Å². The summed E-state index contributed by atoms with van der Waals surface area (Å²) in [7, 11) is 0. The number of amides is 1. The lowest BCUT2D eigenvalue weighted by Gasteiger charge is -2.35. The van der Waals surface area contributed by atoms with Crippen LogP contribution in [0.25, 0.3) is 0 Å². The second-order valence-electron chi connectivity index (χ2n) is 7.73. The summed E-state index contributed by atoms with van der Waals surface area (Å²) in [6.45, 7) is 11.0. The van der Waals surface area contributed by atoms with E-state index in [1.165, 1.54) is 34.8 Å². The fourth-order valence-corrected chi connectivity index (χ4v) is 4.42. The number of rotatable bonds is 3. The average molecular weight is 321 g/mol. The number of carbonyl (C=O) groups excluding carboxylic acids is 1. The van der Waals surface area contributed by atoms with Gasteiger partial charge in [-0.15, -0.1) is 11.3 Å². The highest BCUT2D eigenvalue weighted by Crippen LogP contribution is 2.28. The second-order valence-corrected chi connectivity index (χ2v) is 8.89. The fraction of sp³-hybridized carbons (Fsp3) is 0.765. The van der Waals surface area contributed by atoms with Crippen LogP contribution in [-0.2, 0) is 24.2 Å². The summed E-state index contributed by atoms with van der Waals surface area (Å²) < 4.78 is 0. The topological polar surface area (TPSA) is 36.4 Å². The predicted molar refractivity (Wildman–Crippen MR) is 90.1 cm³/mol. The van der Waals surface area contributed by atoms with Gasteiger partial charge in [-0.3, -0.25) is 9.69 Å². The first-order valence-corrected chi connectivity index (χ1v) is 9.20. The first-order chi connectivity index (χ1) is 10.4. The highest BCUT2D eigenvalue weighted by Gasteiger charge is 2.25. The van der Waals surface area contributed by atoms with Crippen LogP contribution < -0.4 is 0 Å². The maximum atomic E-state index is 12.3. The molecule has 0 saturated carbocycles. The Morgan fingerprint density at radius 1 is 1.18 bits per heavy atom. The van der Waals surface area contributed by atoms with E-state index in [4.69, 9.17) is 4.98 Å². The van der Waals surface area contributed by atoms with E-state index in [9.17, 15) is 4.79 Å². The van der Waals surface area contributed by atoms with Crippen LogP contribution in [0.5, 0.6) is 0 Å². The Kier molecular flexibility index (Phi) is 4.55. The molecule has 0 radical (unpaired) electrons. The number of fused-ring (bicyclic) bond motifs is 1. The van der Waals surface area contributed by atoms with Gasteiger partial charge < -0.3 is 4.90 Å². The van der Waals surface area contributed by atoms with Crippen molar-refractivity contribution in [3.05, 3.63) is 15.6 Å². The van der Waals surface area contributed by atoms with Crippen molar-refractivity contribution in [2.24, 2.45) is 5.41 Å². The molecule has 0 bridgehead atoms. The quantitative estimate of drug-likeness (QED) is 0.859. The van der Waals surface area contributed by atoms with Gasteiger partial charge in [0.05, 0.1) is 12.2 Å². The Labute approximate surface area is 137 Å². The standard InChI is InChI=1S/C17H27N3OS/c1-17(2,3)11-16(21)20-9-7-19(8-10-20)12-15-18-13-5-4-6-14(13)22-15/h4-12H2,1-3H3. The molecule has 0 spiro atoms. The number of aromatic nitrogens is 1. The fourth-order valence-electron chi connectivity index (χ4n) is 3.22.